The van der Waals surface area contributed by atoms with Crippen LogP contribution in [0.3, 0.4) is 0 Å². The Balaban J connectivity index is 0.000000609. The number of hydrogen-bond donors (Lipinski definition) is 8. The van der Waals surface area contributed by atoms with Gasteiger partial charge in [-0.1, -0.05) is 83.5 Å². The van der Waals surface area contributed by atoms with Gasteiger partial charge >= 0.3 is 0 Å². The van der Waals surface area contributed by atoms with Gasteiger partial charge in [-0.3, -0.25) is 0 Å². The molecule has 5 saturated carbocycles. The van der Waals surface area contributed by atoms with Crippen LogP contribution in [0.4, 0.5) is 0 Å². The summed E-state index contributed by atoms with van der Waals surface area (Å²) in [6.45, 7) is 5.89. The normalized spacial score (nSPS) is 25.7. The van der Waals surface area contributed by atoms with Gasteiger partial charge in [-0.15, -0.1) is 0 Å². The van der Waals surface area contributed by atoms with Gasteiger partial charge in [-0.05, 0) is 130 Å². The maximum atomic E-state index is 9.36. The number of fused-ring (bicyclic) bond motifs is 3. The first-order chi connectivity index (χ1) is 26.4. The molecule has 3 aliphatic heterocycles. The Labute approximate surface area is 351 Å². The number of likely N-dealkylation sites (N-methyl/N-ethyl adjacent to an activating group) is 1. The molecule has 5 aliphatic carbocycles. The van der Waals surface area contributed by atoms with Gasteiger partial charge in [0.05, 0.1) is 31.0 Å². The molecule has 8 rings (SSSR count). The Morgan fingerprint density at radius 3 is 1.02 bits per heavy atom. The van der Waals surface area contributed by atoms with Crippen LogP contribution in [0.2, 0.25) is 0 Å². The van der Waals surface area contributed by atoms with Crippen molar-refractivity contribution in [1.29, 1.82) is 0 Å². The summed E-state index contributed by atoms with van der Waals surface area (Å²) in [5.41, 5.74) is 0. The minimum absolute atomic E-state index is 0.00694. The standard InChI is InChI=1S/C7H13NO.3C6H12O.C6H12S.C5H10O.C4H11NO.C4H11NS/c9-7-5-8-3-1-6(7)2-4-8;7-5-6-3-1-2-4-6;3*7-6-4-2-1-3-5-6;6-5-3-1-2-4-5;2*1-5(2)3-4-6/h6-7,9H,1-5H2;4*6-7H,1-5H2;5-6H,1-4H2;2*6H,3-4H2,1-2H3. The lowest BCUT2D eigenvalue weighted by molar-refractivity contribution is -0.0227. The fourth-order valence-electron chi connectivity index (χ4n) is 7.67. The monoisotopic (exact) mass is 824 g/mol. The first-order valence-electron chi connectivity index (χ1n) is 22.7. The highest BCUT2D eigenvalue weighted by Crippen LogP contribution is 2.27. The molecule has 8 aliphatic rings. The Morgan fingerprint density at radius 2 is 0.873 bits per heavy atom. The number of hydrogen-bond acceptors (Lipinski definition) is 11. The van der Waals surface area contributed by atoms with E-state index in [-0.39, 0.29) is 31.0 Å². The summed E-state index contributed by atoms with van der Waals surface area (Å²) in [7, 11) is 7.93. The third-order valence-electron chi connectivity index (χ3n) is 11.5. The number of aliphatic hydroxyl groups excluding tert-OH is 6. The van der Waals surface area contributed by atoms with E-state index in [1.54, 1.807) is 0 Å². The number of nitrogens with zero attached hydrogens (tertiary/aromatic N) is 3. The van der Waals surface area contributed by atoms with Crippen LogP contribution in [-0.2, 0) is 0 Å². The average Bonchev–Trinajstić information content (AvgIpc) is 3.89. The Kier molecular flexibility index (Phi) is 38.8. The summed E-state index contributed by atoms with van der Waals surface area (Å²) >= 11 is 8.38. The smallest absolute Gasteiger partial charge is 0.0696 e. The van der Waals surface area contributed by atoms with Crippen molar-refractivity contribution >= 4 is 25.3 Å². The Hall–Kier alpha value is 0.340. The van der Waals surface area contributed by atoms with E-state index in [4.69, 9.17) is 25.5 Å². The molecule has 0 spiro atoms. The van der Waals surface area contributed by atoms with Gasteiger partial charge in [0, 0.05) is 37.2 Å². The lowest BCUT2D eigenvalue weighted by Crippen LogP contribution is -2.50. The minimum atomic E-state index is -0.00694. The van der Waals surface area contributed by atoms with E-state index in [2.05, 4.69) is 35.1 Å². The third kappa shape index (κ3) is 36.0. The van der Waals surface area contributed by atoms with E-state index in [1.807, 2.05) is 33.1 Å². The molecule has 0 radical (unpaired) electrons. The van der Waals surface area contributed by atoms with Crippen molar-refractivity contribution < 1.29 is 30.6 Å². The van der Waals surface area contributed by atoms with Gasteiger partial charge in [0.2, 0.25) is 0 Å². The molecule has 3 heterocycles. The van der Waals surface area contributed by atoms with E-state index >= 15 is 0 Å². The van der Waals surface area contributed by atoms with E-state index < -0.39 is 0 Å². The van der Waals surface area contributed by atoms with Crippen molar-refractivity contribution in [2.24, 2.45) is 11.8 Å². The Bertz CT molecular complexity index is 719. The van der Waals surface area contributed by atoms with Gasteiger partial charge in [-0.25, -0.2) is 0 Å². The SMILES string of the molecule is CN(C)CCO.CN(C)CCS.OC1CCCC1.OC1CCCCC1.OC1CCCCC1.OC1CN2CCC1CC2.OCC1CCCC1.SC1CCCCC1. The summed E-state index contributed by atoms with van der Waals surface area (Å²) in [5.74, 6) is 2.24. The van der Waals surface area contributed by atoms with Gasteiger partial charge in [0.15, 0.2) is 0 Å². The van der Waals surface area contributed by atoms with E-state index in [1.165, 1.54) is 135 Å². The van der Waals surface area contributed by atoms with Crippen LogP contribution in [0.1, 0.15) is 161 Å². The predicted molar refractivity (Wildman–Crippen MR) is 241 cm³/mol. The highest BCUT2D eigenvalue weighted by Gasteiger charge is 2.32. The van der Waals surface area contributed by atoms with Crippen molar-refractivity contribution in [3.8, 4) is 0 Å². The zero-order valence-corrected chi connectivity index (χ0v) is 38.1. The predicted octanol–water partition coefficient (Wildman–Crippen LogP) is 7.05. The number of piperidine rings is 3. The second-order valence-corrected chi connectivity index (χ2v) is 18.6. The maximum Gasteiger partial charge on any atom is 0.0696 e. The molecule has 8 fully saturated rings. The summed E-state index contributed by atoms with van der Waals surface area (Å²) in [6, 6.07) is 0. The van der Waals surface area contributed by atoms with Crippen molar-refractivity contribution in [3.05, 3.63) is 0 Å². The second kappa shape index (κ2) is 38.5. The van der Waals surface area contributed by atoms with Crippen molar-refractivity contribution in [2.75, 3.05) is 79.9 Å². The summed E-state index contributed by atoms with van der Waals surface area (Å²) < 4.78 is 0. The first kappa shape index (κ1) is 55.3. The first-order valence-corrected chi connectivity index (χ1v) is 23.8. The van der Waals surface area contributed by atoms with Gasteiger partial charge in [-0.2, -0.15) is 25.3 Å². The summed E-state index contributed by atoms with van der Waals surface area (Å²) in [5, 5.41) is 53.4. The second-order valence-electron chi connectivity index (χ2n) is 17.4. The fourth-order valence-corrected chi connectivity index (χ4v) is 8.44. The van der Waals surface area contributed by atoms with Crippen LogP contribution in [0.15, 0.2) is 0 Å². The van der Waals surface area contributed by atoms with Crippen molar-refractivity contribution in [3.63, 3.8) is 0 Å². The molecule has 3 saturated heterocycles. The Morgan fingerprint density at radius 1 is 0.509 bits per heavy atom. The van der Waals surface area contributed by atoms with E-state index in [0.29, 0.717) is 18.4 Å². The fraction of sp³-hybridized carbons (Fsp3) is 1.00. The molecule has 332 valence electrons. The molecule has 1 atom stereocenters. The summed E-state index contributed by atoms with van der Waals surface area (Å²) in [6.07, 6.45) is 31.1. The third-order valence-corrected chi connectivity index (χ3v) is 12.2. The van der Waals surface area contributed by atoms with Crippen molar-refractivity contribution in [2.45, 2.75) is 190 Å². The van der Waals surface area contributed by atoms with Crippen LogP contribution >= 0.6 is 25.3 Å². The average molecular weight is 824 g/mol. The van der Waals surface area contributed by atoms with Crippen LogP contribution in [0.5, 0.6) is 0 Å². The summed E-state index contributed by atoms with van der Waals surface area (Å²) in [4.78, 5) is 6.39. The molecule has 0 aromatic carbocycles. The molecule has 0 aromatic rings. The van der Waals surface area contributed by atoms with Crippen molar-refractivity contribution in [1.82, 2.24) is 14.7 Å². The number of thiol groups is 2. The maximum absolute atomic E-state index is 9.36. The van der Waals surface area contributed by atoms with Gasteiger partial charge in [0.1, 0.15) is 0 Å². The van der Waals surface area contributed by atoms with E-state index in [0.717, 1.165) is 69.2 Å². The van der Waals surface area contributed by atoms with E-state index in [9.17, 15) is 5.11 Å². The highest BCUT2D eigenvalue weighted by molar-refractivity contribution is 7.81. The molecule has 0 aromatic heterocycles. The van der Waals surface area contributed by atoms with Gasteiger partial charge < -0.3 is 45.3 Å². The van der Waals surface area contributed by atoms with Gasteiger partial charge in [0.25, 0.3) is 0 Å². The topological polar surface area (TPSA) is 131 Å². The van der Waals surface area contributed by atoms with Crippen LogP contribution in [0, 0.1) is 11.8 Å². The largest absolute Gasteiger partial charge is 0.396 e. The number of rotatable bonds is 5. The van der Waals surface area contributed by atoms with Crippen LogP contribution in [-0.4, -0.2) is 155 Å². The molecule has 1 unspecified atom stereocenters. The quantitative estimate of drug-likeness (QED) is 0.138. The lowest BCUT2D eigenvalue weighted by Gasteiger charge is -2.42. The van der Waals surface area contributed by atoms with Crippen LogP contribution in [0.25, 0.3) is 0 Å². The minimum Gasteiger partial charge on any atom is -0.396 e. The molecule has 0 amide bonds. The zero-order valence-electron chi connectivity index (χ0n) is 36.3. The lowest BCUT2D eigenvalue weighted by atomic mass is 9.86. The molecule has 2 bridgehead atoms. The molecule has 6 N–H and O–H groups in total. The highest BCUT2D eigenvalue weighted by atomic mass is 32.1. The molecular formula is C44H93N3O6S2. The molecular weight excluding hydrogens is 731 g/mol. The zero-order chi connectivity index (χ0) is 41.1. The molecule has 9 nitrogen and oxygen atoms in total. The molecule has 11 heteroatoms. The number of aliphatic hydroxyl groups is 6. The van der Waals surface area contributed by atoms with Crippen LogP contribution < -0.4 is 0 Å². The molecule has 55 heavy (non-hydrogen) atoms.